The van der Waals surface area contributed by atoms with Crippen LogP contribution < -0.4 is 16.3 Å². The quantitative estimate of drug-likeness (QED) is 0.441. The number of pyridine rings is 1. The number of aromatic hydroxyl groups is 1. The molecule has 0 radical (unpaired) electrons. The Morgan fingerprint density at radius 2 is 1.83 bits per heavy atom. The number of phenols is 1. The lowest BCUT2D eigenvalue weighted by Crippen LogP contribution is -2.39. The largest absolute Gasteiger partial charge is 0.507 e. The van der Waals surface area contributed by atoms with Gasteiger partial charge in [0, 0.05) is 55.4 Å². The summed E-state index contributed by atoms with van der Waals surface area (Å²) in [5.41, 5.74) is 8.03. The van der Waals surface area contributed by atoms with Gasteiger partial charge in [-0.25, -0.2) is 14.2 Å². The first kappa shape index (κ1) is 23.1. The van der Waals surface area contributed by atoms with Gasteiger partial charge in [-0.15, -0.1) is 0 Å². The van der Waals surface area contributed by atoms with E-state index < -0.39 is 5.82 Å². The van der Waals surface area contributed by atoms with Gasteiger partial charge in [-0.05, 0) is 60.9 Å². The molecule has 1 aliphatic heterocycles. The molecule has 2 aromatic heterocycles. The molecule has 0 bridgehead atoms. The van der Waals surface area contributed by atoms with E-state index in [1.54, 1.807) is 49.9 Å². The molecule has 1 aliphatic rings. The molecule has 2 aromatic carbocycles. The SMILES string of the molecule is Cn1ccn(-c2ccc(-c3cc(F)cc(-c4ccnc(N5CC[C@](C)(N)C5)c4)c3O)cc2Cl)c1=O. The predicted octanol–water partition coefficient (Wildman–Crippen LogP) is 4.33. The van der Waals surface area contributed by atoms with Crippen LogP contribution in [0.25, 0.3) is 27.9 Å². The number of imidazole rings is 1. The van der Waals surface area contributed by atoms with Crippen molar-refractivity contribution in [2.45, 2.75) is 18.9 Å². The second kappa shape index (κ2) is 8.55. The fourth-order valence-corrected chi connectivity index (χ4v) is 4.77. The van der Waals surface area contributed by atoms with Crippen molar-refractivity contribution in [3.63, 3.8) is 0 Å². The standard InChI is InChI=1S/C26H25ClFN5O2/c1-26(29)6-8-32(15-26)23-12-17(5-7-30-23)20-14-18(28)13-19(24(20)34)16-3-4-22(21(27)11-16)33-10-9-31(2)25(33)35/h3-5,7,9-14,34H,6,8,15,29H2,1-2H3/t26-/m0/s1. The number of hydrogen-bond acceptors (Lipinski definition) is 5. The van der Waals surface area contributed by atoms with Crippen molar-refractivity contribution in [1.82, 2.24) is 14.1 Å². The van der Waals surface area contributed by atoms with Crippen molar-refractivity contribution >= 4 is 17.4 Å². The maximum absolute atomic E-state index is 14.7. The van der Waals surface area contributed by atoms with Gasteiger partial charge < -0.3 is 20.3 Å². The van der Waals surface area contributed by atoms with Crippen molar-refractivity contribution in [3.05, 3.63) is 82.4 Å². The average molecular weight is 494 g/mol. The number of nitrogens with zero attached hydrogens (tertiary/aromatic N) is 4. The first-order valence-electron chi connectivity index (χ1n) is 11.2. The zero-order chi connectivity index (χ0) is 24.9. The lowest BCUT2D eigenvalue weighted by Gasteiger charge is -2.21. The van der Waals surface area contributed by atoms with Gasteiger partial charge in [-0.1, -0.05) is 17.7 Å². The van der Waals surface area contributed by atoms with Gasteiger partial charge in [0.2, 0.25) is 0 Å². The lowest BCUT2D eigenvalue weighted by molar-refractivity contribution is 0.477. The Morgan fingerprint density at radius 1 is 1.11 bits per heavy atom. The number of halogens is 2. The molecule has 1 atom stereocenters. The minimum Gasteiger partial charge on any atom is -0.507 e. The van der Waals surface area contributed by atoms with Gasteiger partial charge in [0.1, 0.15) is 17.4 Å². The Kier molecular flexibility index (Phi) is 5.65. The molecule has 7 nitrogen and oxygen atoms in total. The molecular formula is C26H25ClFN5O2. The number of benzene rings is 2. The predicted molar refractivity (Wildman–Crippen MR) is 136 cm³/mol. The second-order valence-corrected chi connectivity index (χ2v) is 9.71. The van der Waals surface area contributed by atoms with Crippen LogP contribution in [0.1, 0.15) is 13.3 Å². The van der Waals surface area contributed by atoms with E-state index in [2.05, 4.69) is 9.88 Å². The molecule has 3 N–H and O–H groups in total. The first-order chi connectivity index (χ1) is 16.6. The maximum Gasteiger partial charge on any atom is 0.332 e. The third-order valence-electron chi connectivity index (χ3n) is 6.43. The van der Waals surface area contributed by atoms with Crippen LogP contribution in [0, 0.1) is 5.82 Å². The number of nitrogens with two attached hydrogens (primary N) is 1. The molecule has 0 unspecified atom stereocenters. The molecule has 0 amide bonds. The van der Waals surface area contributed by atoms with Crippen LogP contribution in [-0.4, -0.2) is 37.9 Å². The molecule has 3 heterocycles. The molecule has 0 spiro atoms. The number of aryl methyl sites for hydroxylation is 1. The normalized spacial score (nSPS) is 17.8. The van der Waals surface area contributed by atoms with Crippen molar-refractivity contribution in [1.29, 1.82) is 0 Å². The summed E-state index contributed by atoms with van der Waals surface area (Å²) in [7, 11) is 1.65. The molecule has 1 saturated heterocycles. The minimum atomic E-state index is -0.499. The highest BCUT2D eigenvalue weighted by molar-refractivity contribution is 6.32. The van der Waals surface area contributed by atoms with Crippen LogP contribution >= 0.6 is 11.6 Å². The van der Waals surface area contributed by atoms with Gasteiger partial charge in [0.25, 0.3) is 0 Å². The van der Waals surface area contributed by atoms with E-state index in [-0.39, 0.29) is 17.0 Å². The van der Waals surface area contributed by atoms with E-state index in [1.807, 2.05) is 13.0 Å². The molecule has 1 fully saturated rings. The van der Waals surface area contributed by atoms with Crippen LogP contribution in [0.5, 0.6) is 5.75 Å². The van der Waals surface area contributed by atoms with Gasteiger partial charge >= 0.3 is 5.69 Å². The Morgan fingerprint density at radius 3 is 2.43 bits per heavy atom. The summed E-state index contributed by atoms with van der Waals surface area (Å²) < 4.78 is 17.6. The van der Waals surface area contributed by atoms with Gasteiger partial charge in [-0.2, -0.15) is 0 Å². The van der Waals surface area contributed by atoms with E-state index in [0.717, 1.165) is 18.8 Å². The van der Waals surface area contributed by atoms with Crippen LogP contribution in [-0.2, 0) is 7.05 Å². The third kappa shape index (κ3) is 4.31. The number of hydrogen-bond donors (Lipinski definition) is 2. The smallest absolute Gasteiger partial charge is 0.332 e. The molecule has 4 aromatic rings. The molecule has 180 valence electrons. The zero-order valence-corrected chi connectivity index (χ0v) is 20.1. The Hall–Kier alpha value is -3.62. The molecule has 5 rings (SSSR count). The summed E-state index contributed by atoms with van der Waals surface area (Å²) >= 11 is 6.49. The average Bonchev–Trinajstić information content (AvgIpc) is 3.36. The Labute approximate surface area is 206 Å². The molecular weight excluding hydrogens is 469 g/mol. The summed E-state index contributed by atoms with van der Waals surface area (Å²) in [6.07, 6.45) is 5.75. The highest BCUT2D eigenvalue weighted by atomic mass is 35.5. The maximum atomic E-state index is 14.7. The first-order valence-corrected chi connectivity index (χ1v) is 11.6. The van der Waals surface area contributed by atoms with E-state index in [1.165, 1.54) is 21.3 Å². The number of anilines is 1. The minimum absolute atomic E-state index is 0.0747. The molecule has 0 saturated carbocycles. The molecule has 0 aliphatic carbocycles. The van der Waals surface area contributed by atoms with E-state index >= 15 is 0 Å². The molecule has 35 heavy (non-hydrogen) atoms. The van der Waals surface area contributed by atoms with Crippen molar-refractivity contribution < 1.29 is 9.50 Å². The van der Waals surface area contributed by atoms with Crippen LogP contribution in [0.2, 0.25) is 5.02 Å². The van der Waals surface area contributed by atoms with Gasteiger partial charge in [0.05, 0.1) is 10.7 Å². The Bertz CT molecular complexity index is 1490. The number of phenolic OH excluding ortho intramolecular Hbond substituents is 1. The van der Waals surface area contributed by atoms with Crippen molar-refractivity contribution in [2.75, 3.05) is 18.0 Å². The van der Waals surface area contributed by atoms with E-state index in [0.29, 0.717) is 39.5 Å². The topological polar surface area (TPSA) is 89.3 Å². The second-order valence-electron chi connectivity index (χ2n) is 9.31. The summed E-state index contributed by atoms with van der Waals surface area (Å²) in [6, 6.07) is 11.1. The highest BCUT2D eigenvalue weighted by Crippen LogP contribution is 2.41. The fourth-order valence-electron chi connectivity index (χ4n) is 4.50. The van der Waals surface area contributed by atoms with Crippen molar-refractivity contribution in [3.8, 4) is 33.7 Å². The lowest BCUT2D eigenvalue weighted by atomic mass is 9.97. The zero-order valence-electron chi connectivity index (χ0n) is 19.4. The van der Waals surface area contributed by atoms with Crippen LogP contribution in [0.3, 0.4) is 0 Å². The van der Waals surface area contributed by atoms with E-state index in [9.17, 15) is 14.3 Å². The Balaban J connectivity index is 1.54. The summed E-state index contributed by atoms with van der Waals surface area (Å²) in [5.74, 6) is 0.151. The van der Waals surface area contributed by atoms with Gasteiger partial charge in [0.15, 0.2) is 0 Å². The summed E-state index contributed by atoms with van der Waals surface area (Å²) in [5, 5.41) is 11.5. The monoisotopic (exact) mass is 493 g/mol. The third-order valence-corrected chi connectivity index (χ3v) is 6.73. The number of aromatic nitrogens is 3. The number of rotatable bonds is 4. The van der Waals surface area contributed by atoms with Crippen molar-refractivity contribution in [2.24, 2.45) is 12.8 Å². The summed E-state index contributed by atoms with van der Waals surface area (Å²) in [4.78, 5) is 18.8. The summed E-state index contributed by atoms with van der Waals surface area (Å²) in [6.45, 7) is 3.45. The fraction of sp³-hybridized carbons (Fsp3) is 0.231. The van der Waals surface area contributed by atoms with Gasteiger partial charge in [-0.3, -0.25) is 4.57 Å². The molecule has 9 heteroatoms. The highest BCUT2D eigenvalue weighted by Gasteiger charge is 2.30. The van der Waals surface area contributed by atoms with E-state index in [4.69, 9.17) is 17.3 Å². The van der Waals surface area contributed by atoms with Crippen LogP contribution in [0.15, 0.2) is 65.8 Å². The van der Waals surface area contributed by atoms with Crippen LogP contribution in [0.4, 0.5) is 10.2 Å².